The predicted octanol–water partition coefficient (Wildman–Crippen LogP) is 3.30. The molecule has 0 saturated carbocycles. The molecule has 1 aromatic rings. The fourth-order valence-corrected chi connectivity index (χ4v) is 5.18. The number of hydrogen-bond acceptors (Lipinski definition) is 3. The van der Waals surface area contributed by atoms with Gasteiger partial charge in [-0.1, -0.05) is 0 Å². The Morgan fingerprint density at radius 1 is 1.19 bits per heavy atom. The molecule has 1 fully saturated rings. The van der Waals surface area contributed by atoms with Gasteiger partial charge in [-0.3, -0.25) is 14.4 Å². The van der Waals surface area contributed by atoms with E-state index in [-0.39, 0.29) is 11.7 Å². The van der Waals surface area contributed by atoms with Crippen LogP contribution in [0.3, 0.4) is 0 Å². The van der Waals surface area contributed by atoms with Crippen LogP contribution in [-0.4, -0.2) is 42.6 Å². The van der Waals surface area contributed by atoms with Crippen molar-refractivity contribution >= 4 is 23.8 Å². The van der Waals surface area contributed by atoms with Crippen LogP contribution in [0, 0.1) is 5.92 Å². The van der Waals surface area contributed by atoms with Gasteiger partial charge in [0.15, 0.2) is 5.78 Å². The van der Waals surface area contributed by atoms with Crippen LogP contribution in [0.4, 0.5) is 5.69 Å². The summed E-state index contributed by atoms with van der Waals surface area (Å²) in [5.41, 5.74) is 4.35. The Kier molecular flexibility index (Phi) is 5.02. The number of hydrogen-bond donors (Lipinski definition) is 0. The smallest absolute Gasteiger partial charge is 0.219 e. The van der Waals surface area contributed by atoms with Crippen LogP contribution >= 0.6 is 0 Å². The summed E-state index contributed by atoms with van der Waals surface area (Å²) in [6.07, 6.45) is 7.56. The van der Waals surface area contributed by atoms with Crippen LogP contribution in [0.5, 0.6) is 0 Å². The van der Waals surface area contributed by atoms with Gasteiger partial charge in [-0.15, -0.1) is 0 Å². The second-order valence-corrected chi connectivity index (χ2v) is 8.28. The molecular formula is C22H28N2O3. The minimum absolute atomic E-state index is 0.153. The highest BCUT2D eigenvalue weighted by atomic mass is 16.2. The number of anilines is 1. The SMILES string of the molecule is CC(=O)N1CCC(CCC(=O)c2ccc3c4c2CCCC4CN3C=O)CC1. The van der Waals surface area contributed by atoms with E-state index in [4.69, 9.17) is 0 Å². The number of carbonyl (C=O) groups excluding carboxylic acids is 3. The molecule has 3 aliphatic rings. The molecule has 4 rings (SSSR count). The van der Waals surface area contributed by atoms with Gasteiger partial charge in [-0.2, -0.15) is 0 Å². The average molecular weight is 368 g/mol. The first-order chi connectivity index (χ1) is 13.1. The van der Waals surface area contributed by atoms with Crippen LogP contribution in [0.2, 0.25) is 0 Å². The zero-order valence-corrected chi connectivity index (χ0v) is 16.1. The number of Topliss-reactive ketones (excluding diaryl/α,β-unsaturated/α-hetero) is 1. The molecule has 1 atom stereocenters. The Hall–Kier alpha value is -2.17. The van der Waals surface area contributed by atoms with E-state index >= 15 is 0 Å². The summed E-state index contributed by atoms with van der Waals surface area (Å²) in [6.45, 7) is 4.03. The molecule has 0 spiro atoms. The van der Waals surface area contributed by atoms with Crippen molar-refractivity contribution in [2.75, 3.05) is 24.5 Å². The van der Waals surface area contributed by atoms with Gasteiger partial charge >= 0.3 is 0 Å². The van der Waals surface area contributed by atoms with E-state index in [9.17, 15) is 14.4 Å². The number of carbonyl (C=O) groups is 3. The summed E-state index contributed by atoms with van der Waals surface area (Å²) < 4.78 is 0. The van der Waals surface area contributed by atoms with E-state index in [1.807, 2.05) is 17.0 Å². The Morgan fingerprint density at radius 2 is 1.96 bits per heavy atom. The molecule has 5 heteroatoms. The molecule has 1 saturated heterocycles. The molecule has 0 aromatic heterocycles. The van der Waals surface area contributed by atoms with Crippen LogP contribution in [0.25, 0.3) is 0 Å². The number of ketones is 1. The first kappa shape index (κ1) is 18.2. The molecule has 0 radical (unpaired) electrons. The minimum Gasteiger partial charge on any atom is -0.343 e. The van der Waals surface area contributed by atoms with Gasteiger partial charge in [-0.05, 0) is 67.7 Å². The number of rotatable bonds is 5. The highest BCUT2D eigenvalue weighted by Crippen LogP contribution is 2.45. The van der Waals surface area contributed by atoms with Gasteiger partial charge in [0.1, 0.15) is 0 Å². The van der Waals surface area contributed by atoms with Crippen molar-refractivity contribution in [2.24, 2.45) is 5.92 Å². The number of piperidine rings is 1. The van der Waals surface area contributed by atoms with E-state index in [0.717, 1.165) is 75.8 Å². The van der Waals surface area contributed by atoms with E-state index in [1.54, 1.807) is 11.8 Å². The summed E-state index contributed by atoms with van der Waals surface area (Å²) in [5, 5.41) is 0. The summed E-state index contributed by atoms with van der Waals surface area (Å²) in [4.78, 5) is 39.5. The third-order valence-electron chi connectivity index (χ3n) is 6.72. The lowest BCUT2D eigenvalue weighted by atomic mass is 9.80. The highest BCUT2D eigenvalue weighted by molar-refractivity contribution is 5.99. The summed E-state index contributed by atoms with van der Waals surface area (Å²) in [6, 6.07) is 3.91. The molecule has 144 valence electrons. The van der Waals surface area contributed by atoms with Crippen molar-refractivity contribution in [3.63, 3.8) is 0 Å². The van der Waals surface area contributed by atoms with E-state index in [0.29, 0.717) is 18.3 Å². The number of likely N-dealkylation sites (tertiary alicyclic amines) is 1. The van der Waals surface area contributed by atoms with Gasteiger partial charge in [0, 0.05) is 50.1 Å². The maximum atomic E-state index is 13.0. The zero-order valence-electron chi connectivity index (χ0n) is 16.1. The van der Waals surface area contributed by atoms with E-state index in [2.05, 4.69) is 0 Å². The van der Waals surface area contributed by atoms with E-state index in [1.165, 1.54) is 11.1 Å². The monoisotopic (exact) mass is 368 g/mol. The molecular weight excluding hydrogens is 340 g/mol. The molecule has 2 amide bonds. The van der Waals surface area contributed by atoms with Gasteiger partial charge in [0.05, 0.1) is 0 Å². The van der Waals surface area contributed by atoms with Crippen LogP contribution in [0.15, 0.2) is 12.1 Å². The zero-order chi connectivity index (χ0) is 19.0. The molecule has 0 N–H and O–H groups in total. The van der Waals surface area contributed by atoms with Gasteiger partial charge in [0.25, 0.3) is 0 Å². The molecule has 1 aliphatic carbocycles. The molecule has 1 aromatic carbocycles. The van der Waals surface area contributed by atoms with Crippen molar-refractivity contribution in [3.05, 3.63) is 28.8 Å². The van der Waals surface area contributed by atoms with Crippen molar-refractivity contribution in [2.45, 2.75) is 57.8 Å². The number of nitrogens with zero attached hydrogens (tertiary/aromatic N) is 2. The van der Waals surface area contributed by atoms with Gasteiger partial charge in [-0.25, -0.2) is 0 Å². The second-order valence-electron chi connectivity index (χ2n) is 8.28. The Labute approximate surface area is 160 Å². The molecule has 5 nitrogen and oxygen atoms in total. The Morgan fingerprint density at radius 3 is 2.67 bits per heavy atom. The average Bonchev–Trinajstić information content (AvgIpc) is 3.06. The lowest BCUT2D eigenvalue weighted by Gasteiger charge is -2.31. The number of benzene rings is 1. The van der Waals surface area contributed by atoms with Crippen molar-refractivity contribution < 1.29 is 14.4 Å². The molecule has 2 aliphatic heterocycles. The third-order valence-corrected chi connectivity index (χ3v) is 6.72. The summed E-state index contributed by atoms with van der Waals surface area (Å²) in [7, 11) is 0. The lowest BCUT2D eigenvalue weighted by molar-refractivity contribution is -0.130. The third kappa shape index (κ3) is 3.40. The van der Waals surface area contributed by atoms with Crippen LogP contribution in [0.1, 0.15) is 72.9 Å². The normalized spacial score (nSPS) is 21.9. The summed E-state index contributed by atoms with van der Waals surface area (Å²) >= 11 is 0. The fraction of sp³-hybridized carbons (Fsp3) is 0.591. The quantitative estimate of drug-likeness (QED) is 0.592. The second kappa shape index (κ2) is 7.45. The van der Waals surface area contributed by atoms with Crippen LogP contribution < -0.4 is 4.90 Å². The van der Waals surface area contributed by atoms with Gasteiger partial charge in [0.2, 0.25) is 12.3 Å². The minimum atomic E-state index is 0.153. The van der Waals surface area contributed by atoms with Crippen molar-refractivity contribution in [1.82, 2.24) is 4.90 Å². The van der Waals surface area contributed by atoms with Gasteiger partial charge < -0.3 is 9.80 Å². The summed E-state index contributed by atoms with van der Waals surface area (Å²) in [5.74, 6) is 1.33. The van der Waals surface area contributed by atoms with Crippen molar-refractivity contribution in [1.29, 1.82) is 0 Å². The lowest BCUT2D eigenvalue weighted by Crippen LogP contribution is -2.37. The molecule has 1 unspecified atom stereocenters. The highest BCUT2D eigenvalue weighted by Gasteiger charge is 2.35. The number of amides is 2. The molecule has 27 heavy (non-hydrogen) atoms. The predicted molar refractivity (Wildman–Crippen MR) is 104 cm³/mol. The fourth-order valence-electron chi connectivity index (χ4n) is 5.18. The van der Waals surface area contributed by atoms with Crippen molar-refractivity contribution in [3.8, 4) is 0 Å². The largest absolute Gasteiger partial charge is 0.343 e. The Balaban J connectivity index is 1.44. The van der Waals surface area contributed by atoms with E-state index < -0.39 is 0 Å². The first-order valence-corrected chi connectivity index (χ1v) is 10.2. The molecule has 2 heterocycles. The Bertz CT molecular complexity index is 765. The first-order valence-electron chi connectivity index (χ1n) is 10.2. The van der Waals surface area contributed by atoms with Crippen LogP contribution in [-0.2, 0) is 16.0 Å². The topological polar surface area (TPSA) is 57.7 Å². The molecule has 0 bridgehead atoms. The maximum absolute atomic E-state index is 13.0. The maximum Gasteiger partial charge on any atom is 0.219 e. The standard InChI is InChI=1S/C22H28N2O3/c1-15(26)23-11-9-16(10-12-23)5-8-21(27)18-6-7-20-22-17(13-24(20)14-25)3-2-4-19(18)22/h6-7,14,16-17H,2-5,8-13H2,1H3.